The van der Waals surface area contributed by atoms with E-state index in [0.29, 0.717) is 24.3 Å². The second kappa shape index (κ2) is 8.60. The van der Waals surface area contributed by atoms with E-state index in [1.54, 1.807) is 16.7 Å². The van der Waals surface area contributed by atoms with Gasteiger partial charge in [0, 0.05) is 19.6 Å². The molecule has 1 amide bonds. The molecule has 0 radical (unpaired) electrons. The minimum Gasteiger partial charge on any atom is -0.383 e. The van der Waals surface area contributed by atoms with Gasteiger partial charge in [0.05, 0.1) is 29.6 Å². The first-order valence-electron chi connectivity index (χ1n) is 10.8. The Hall–Kier alpha value is -2.67. The van der Waals surface area contributed by atoms with Gasteiger partial charge >= 0.3 is 0 Å². The number of carbonyl (C=O) groups is 2. The van der Waals surface area contributed by atoms with Gasteiger partial charge in [0.1, 0.15) is 5.82 Å². The van der Waals surface area contributed by atoms with Crippen LogP contribution in [0.25, 0.3) is 5.69 Å². The number of aryl methyl sites for hydroxylation is 1. The Bertz CT molecular complexity index is 913. The van der Waals surface area contributed by atoms with Crippen LogP contribution in [0.1, 0.15) is 54.4 Å². The summed E-state index contributed by atoms with van der Waals surface area (Å²) in [6, 6.07) is 7.36. The largest absolute Gasteiger partial charge is 0.383 e. The van der Waals surface area contributed by atoms with E-state index in [1.807, 2.05) is 31.2 Å². The highest BCUT2D eigenvalue weighted by Gasteiger charge is 2.39. The topological polar surface area (TPSA) is 90.5 Å². The fourth-order valence-electron chi connectivity index (χ4n) is 4.70. The molecule has 160 valence electrons. The van der Waals surface area contributed by atoms with E-state index in [-0.39, 0.29) is 23.7 Å². The van der Waals surface area contributed by atoms with Gasteiger partial charge in [-0.15, -0.1) is 0 Å². The van der Waals surface area contributed by atoms with E-state index in [2.05, 4.69) is 5.10 Å². The highest BCUT2D eigenvalue weighted by atomic mass is 16.5. The number of ether oxygens (including phenoxy) is 1. The normalized spacial score (nSPS) is 24.2. The van der Waals surface area contributed by atoms with Crippen molar-refractivity contribution in [2.45, 2.75) is 57.6 Å². The summed E-state index contributed by atoms with van der Waals surface area (Å²) in [5, 5.41) is 4.34. The third kappa shape index (κ3) is 3.86. The first-order chi connectivity index (χ1) is 14.5. The number of nitrogens with zero attached hydrogens (tertiary/aromatic N) is 3. The lowest BCUT2D eigenvalue weighted by molar-refractivity contribution is -0.137. The van der Waals surface area contributed by atoms with Crippen molar-refractivity contribution in [1.29, 1.82) is 0 Å². The molecule has 1 atom stereocenters. The number of methoxy groups -OCH3 is 1. The number of ketones is 1. The molecule has 2 N–H and O–H groups in total. The second-order valence-corrected chi connectivity index (χ2v) is 8.45. The SMILES string of the molecule is COC1CCC(C(=O)N2CCC[C@@H]2C(=O)c2cnn(-c3ccc(C)cc3)c2N)CC1. The van der Waals surface area contributed by atoms with Crippen molar-refractivity contribution in [1.82, 2.24) is 14.7 Å². The third-order valence-corrected chi connectivity index (χ3v) is 6.55. The molecule has 4 rings (SSSR count). The number of likely N-dealkylation sites (tertiary alicyclic amines) is 1. The molecule has 0 unspecified atom stereocenters. The minimum absolute atomic E-state index is 0.0163. The Labute approximate surface area is 177 Å². The highest BCUT2D eigenvalue weighted by Crippen LogP contribution is 2.32. The van der Waals surface area contributed by atoms with Crippen LogP contribution >= 0.6 is 0 Å². The lowest BCUT2D eigenvalue weighted by Crippen LogP contribution is -2.44. The number of nitrogen functional groups attached to an aromatic ring is 1. The van der Waals surface area contributed by atoms with E-state index in [1.165, 1.54) is 6.20 Å². The van der Waals surface area contributed by atoms with Crippen molar-refractivity contribution < 1.29 is 14.3 Å². The predicted octanol–water partition coefficient (Wildman–Crippen LogP) is 3.14. The number of benzene rings is 1. The maximum absolute atomic E-state index is 13.3. The van der Waals surface area contributed by atoms with E-state index in [9.17, 15) is 9.59 Å². The second-order valence-electron chi connectivity index (χ2n) is 8.45. The molecule has 1 aliphatic carbocycles. The molecule has 1 aromatic carbocycles. The van der Waals surface area contributed by atoms with Gasteiger partial charge in [-0.1, -0.05) is 17.7 Å². The summed E-state index contributed by atoms with van der Waals surface area (Å²) < 4.78 is 7.00. The standard InChI is InChI=1S/C23H30N4O3/c1-15-5-9-17(10-6-15)27-22(24)19(14-25-27)21(28)20-4-3-13-26(20)23(29)16-7-11-18(30-2)12-8-16/h5-6,9-10,14,16,18,20H,3-4,7-8,11-13,24H2,1-2H3/t16?,18?,20-/m1/s1. The molecule has 1 saturated heterocycles. The zero-order valence-electron chi connectivity index (χ0n) is 17.7. The number of nitrogens with two attached hydrogens (primary N) is 1. The number of hydrogen-bond acceptors (Lipinski definition) is 5. The number of anilines is 1. The quantitative estimate of drug-likeness (QED) is 0.765. The van der Waals surface area contributed by atoms with Crippen LogP contribution in [0.4, 0.5) is 5.82 Å². The Kier molecular flexibility index (Phi) is 5.90. The van der Waals surface area contributed by atoms with Crippen LogP contribution in [0.15, 0.2) is 30.5 Å². The van der Waals surface area contributed by atoms with Crippen molar-refractivity contribution in [3.8, 4) is 5.69 Å². The van der Waals surface area contributed by atoms with Gasteiger partial charge in [-0.25, -0.2) is 4.68 Å². The monoisotopic (exact) mass is 410 g/mol. The van der Waals surface area contributed by atoms with E-state index >= 15 is 0 Å². The zero-order chi connectivity index (χ0) is 21.3. The molecule has 0 bridgehead atoms. The number of aromatic nitrogens is 2. The molecule has 30 heavy (non-hydrogen) atoms. The minimum atomic E-state index is -0.449. The first-order valence-corrected chi connectivity index (χ1v) is 10.8. The summed E-state index contributed by atoms with van der Waals surface area (Å²) in [4.78, 5) is 28.3. The summed E-state index contributed by atoms with van der Waals surface area (Å²) in [7, 11) is 1.73. The van der Waals surface area contributed by atoms with E-state index < -0.39 is 6.04 Å². The molecule has 2 aromatic rings. The van der Waals surface area contributed by atoms with Gasteiger partial charge in [-0.05, 0) is 57.6 Å². The summed E-state index contributed by atoms with van der Waals surface area (Å²) in [5.74, 6) is 0.299. The molecular formula is C23H30N4O3. The van der Waals surface area contributed by atoms with Crippen LogP contribution in [0.5, 0.6) is 0 Å². The lowest BCUT2D eigenvalue weighted by atomic mass is 9.86. The van der Waals surface area contributed by atoms with Gasteiger partial charge in [0.15, 0.2) is 5.78 Å². The molecule has 1 saturated carbocycles. The molecular weight excluding hydrogens is 380 g/mol. The molecule has 0 spiro atoms. The average Bonchev–Trinajstić information content (AvgIpc) is 3.40. The number of carbonyl (C=O) groups excluding carboxylic acids is 2. The first kappa shape index (κ1) is 20.6. The number of hydrogen-bond donors (Lipinski definition) is 1. The lowest BCUT2D eigenvalue weighted by Gasteiger charge is -2.32. The molecule has 2 heterocycles. The summed E-state index contributed by atoms with van der Waals surface area (Å²) >= 11 is 0. The van der Waals surface area contributed by atoms with Crippen LogP contribution in [-0.4, -0.2) is 52.2 Å². The Balaban J connectivity index is 1.50. The van der Waals surface area contributed by atoms with Crippen LogP contribution in [0.2, 0.25) is 0 Å². The van der Waals surface area contributed by atoms with Crippen LogP contribution in [0.3, 0.4) is 0 Å². The molecule has 7 heteroatoms. The van der Waals surface area contributed by atoms with Gasteiger partial charge in [-0.2, -0.15) is 5.10 Å². The van der Waals surface area contributed by atoms with Crippen molar-refractivity contribution in [2.75, 3.05) is 19.4 Å². The van der Waals surface area contributed by atoms with Gasteiger partial charge < -0.3 is 15.4 Å². The maximum Gasteiger partial charge on any atom is 0.226 e. The number of Topliss-reactive ketones (excluding diaryl/α,β-unsaturated/α-hetero) is 1. The molecule has 2 fully saturated rings. The predicted molar refractivity (Wildman–Crippen MR) is 115 cm³/mol. The average molecular weight is 411 g/mol. The number of amides is 1. The van der Waals surface area contributed by atoms with Gasteiger partial charge in [-0.3, -0.25) is 9.59 Å². The summed E-state index contributed by atoms with van der Waals surface area (Å²) in [5.41, 5.74) is 8.64. The molecule has 1 aliphatic heterocycles. The zero-order valence-corrected chi connectivity index (χ0v) is 17.7. The Morgan fingerprint density at radius 3 is 2.47 bits per heavy atom. The highest BCUT2D eigenvalue weighted by molar-refractivity contribution is 6.05. The van der Waals surface area contributed by atoms with Crippen molar-refractivity contribution in [3.05, 3.63) is 41.6 Å². The van der Waals surface area contributed by atoms with Crippen LogP contribution in [0, 0.1) is 12.8 Å². The van der Waals surface area contributed by atoms with Crippen molar-refractivity contribution >= 4 is 17.5 Å². The number of rotatable bonds is 5. The van der Waals surface area contributed by atoms with E-state index in [0.717, 1.165) is 43.4 Å². The van der Waals surface area contributed by atoms with Gasteiger partial charge in [0.2, 0.25) is 5.91 Å². The van der Waals surface area contributed by atoms with Crippen LogP contribution < -0.4 is 5.73 Å². The van der Waals surface area contributed by atoms with Crippen molar-refractivity contribution in [3.63, 3.8) is 0 Å². The summed E-state index contributed by atoms with van der Waals surface area (Å²) in [6.07, 6.45) is 6.73. The molecule has 1 aromatic heterocycles. The molecule has 7 nitrogen and oxygen atoms in total. The molecule has 2 aliphatic rings. The Morgan fingerprint density at radius 2 is 1.80 bits per heavy atom. The Morgan fingerprint density at radius 1 is 1.10 bits per heavy atom. The fourth-order valence-corrected chi connectivity index (χ4v) is 4.70. The third-order valence-electron chi connectivity index (χ3n) is 6.55. The van der Waals surface area contributed by atoms with E-state index in [4.69, 9.17) is 10.5 Å². The summed E-state index contributed by atoms with van der Waals surface area (Å²) in [6.45, 7) is 2.64. The van der Waals surface area contributed by atoms with Crippen molar-refractivity contribution in [2.24, 2.45) is 5.92 Å². The maximum atomic E-state index is 13.3. The smallest absolute Gasteiger partial charge is 0.226 e. The fraction of sp³-hybridized carbons (Fsp3) is 0.522. The van der Waals surface area contributed by atoms with Gasteiger partial charge in [0.25, 0.3) is 0 Å². The van der Waals surface area contributed by atoms with Crippen LogP contribution in [-0.2, 0) is 9.53 Å².